The van der Waals surface area contributed by atoms with Crippen LogP contribution in [0.15, 0.2) is 18.2 Å². The van der Waals surface area contributed by atoms with Crippen molar-refractivity contribution >= 4 is 12.4 Å². The molecule has 0 bridgehead atoms. The minimum Gasteiger partial charge on any atom is -0.314 e. The second kappa shape index (κ2) is 7.78. The number of nitrogens with zero attached hydrogens (tertiary/aromatic N) is 1. The van der Waals surface area contributed by atoms with Gasteiger partial charge < -0.3 is 5.32 Å². The Hall–Kier alpha value is -0.710. The average molecular weight is 291 g/mol. The minimum atomic E-state index is -0.342. The Labute approximate surface area is 119 Å². The number of rotatable bonds is 4. The lowest BCUT2D eigenvalue weighted by Crippen LogP contribution is -2.45. The molecule has 2 rings (SSSR count). The maximum atomic E-state index is 13.1. The van der Waals surface area contributed by atoms with Gasteiger partial charge in [0.1, 0.15) is 5.82 Å². The van der Waals surface area contributed by atoms with Crippen LogP contribution in [-0.4, -0.2) is 37.8 Å². The van der Waals surface area contributed by atoms with Crippen molar-refractivity contribution in [3.8, 4) is 0 Å². The molecule has 0 amide bonds. The third-order valence-corrected chi connectivity index (χ3v) is 3.57. The molecule has 1 atom stereocenters. The molecule has 0 radical (unpaired) electrons. The fraction of sp³-hybridized carbons (Fsp3) is 0.571. The molecule has 1 aliphatic heterocycles. The summed E-state index contributed by atoms with van der Waals surface area (Å²) in [5.74, 6) is -0.226. The number of nitrogens with one attached hydrogen (secondary N) is 1. The summed E-state index contributed by atoms with van der Waals surface area (Å²) >= 11 is 0. The minimum absolute atomic E-state index is 0. The van der Waals surface area contributed by atoms with Gasteiger partial charge in [-0.1, -0.05) is 6.07 Å². The van der Waals surface area contributed by atoms with Crippen molar-refractivity contribution in [1.29, 1.82) is 0 Å². The maximum Gasteiger partial charge on any atom is 0.123 e. The van der Waals surface area contributed by atoms with E-state index in [1.807, 2.05) is 6.92 Å². The molecular formula is C14H21ClF2N2. The first-order valence-corrected chi connectivity index (χ1v) is 6.49. The topological polar surface area (TPSA) is 15.3 Å². The number of halogens is 3. The van der Waals surface area contributed by atoms with Gasteiger partial charge in [0.25, 0.3) is 0 Å². The summed E-state index contributed by atoms with van der Waals surface area (Å²) in [6, 6.07) is 4.86. The van der Waals surface area contributed by atoms with Crippen LogP contribution in [0.25, 0.3) is 0 Å². The van der Waals surface area contributed by atoms with Crippen LogP contribution < -0.4 is 5.32 Å². The zero-order valence-corrected chi connectivity index (χ0v) is 12.0. The summed E-state index contributed by atoms with van der Waals surface area (Å²) in [7, 11) is 0. The number of hydrogen-bond acceptors (Lipinski definition) is 2. The first-order chi connectivity index (χ1) is 8.72. The van der Waals surface area contributed by atoms with Gasteiger partial charge in [-0.3, -0.25) is 9.29 Å². The Kier molecular flexibility index (Phi) is 6.69. The number of aryl methyl sites for hydroxylation is 1. The molecule has 1 saturated heterocycles. The predicted octanol–water partition coefficient (Wildman–Crippen LogP) is 2.86. The van der Waals surface area contributed by atoms with Gasteiger partial charge in [-0.15, -0.1) is 12.4 Å². The molecule has 19 heavy (non-hydrogen) atoms. The molecule has 1 heterocycles. The Balaban J connectivity index is 0.00000180. The highest BCUT2D eigenvalue weighted by Gasteiger charge is 2.23. The Morgan fingerprint density at radius 3 is 2.58 bits per heavy atom. The van der Waals surface area contributed by atoms with E-state index in [2.05, 4.69) is 10.2 Å². The fourth-order valence-electron chi connectivity index (χ4n) is 2.64. The number of alkyl halides is 1. The molecule has 0 aromatic heterocycles. The van der Waals surface area contributed by atoms with E-state index in [0.29, 0.717) is 6.42 Å². The van der Waals surface area contributed by atoms with E-state index in [1.54, 1.807) is 6.07 Å². The zero-order chi connectivity index (χ0) is 13.0. The lowest BCUT2D eigenvalue weighted by Gasteiger charge is -2.35. The van der Waals surface area contributed by atoms with E-state index >= 15 is 0 Å². The quantitative estimate of drug-likeness (QED) is 0.917. The SMILES string of the molecule is Cc1cc(F)ccc1[C@@H](CCF)N1CCNCC1.Cl. The molecule has 2 nitrogen and oxygen atoms in total. The molecule has 1 aromatic carbocycles. The smallest absolute Gasteiger partial charge is 0.123 e. The van der Waals surface area contributed by atoms with Crippen molar-refractivity contribution in [3.05, 3.63) is 35.1 Å². The molecule has 0 unspecified atom stereocenters. The van der Waals surface area contributed by atoms with E-state index in [0.717, 1.165) is 37.3 Å². The predicted molar refractivity (Wildman–Crippen MR) is 76.2 cm³/mol. The molecule has 5 heteroatoms. The third-order valence-electron chi connectivity index (χ3n) is 3.57. The summed E-state index contributed by atoms with van der Waals surface area (Å²) in [4.78, 5) is 2.29. The molecule has 0 aliphatic carbocycles. The first-order valence-electron chi connectivity index (χ1n) is 6.49. The van der Waals surface area contributed by atoms with Gasteiger partial charge in [-0.2, -0.15) is 0 Å². The van der Waals surface area contributed by atoms with Gasteiger partial charge in [0.2, 0.25) is 0 Å². The summed E-state index contributed by atoms with van der Waals surface area (Å²) in [5, 5.41) is 3.29. The van der Waals surface area contributed by atoms with Gasteiger partial charge in [0, 0.05) is 32.2 Å². The summed E-state index contributed by atoms with van der Waals surface area (Å²) in [6.07, 6.45) is 0.479. The van der Waals surface area contributed by atoms with Crippen LogP contribution in [0.5, 0.6) is 0 Å². The third kappa shape index (κ3) is 4.13. The lowest BCUT2D eigenvalue weighted by atomic mass is 9.97. The molecule has 1 aromatic rings. The van der Waals surface area contributed by atoms with Crippen molar-refractivity contribution in [2.45, 2.75) is 19.4 Å². The standard InChI is InChI=1S/C14H20F2N2.ClH/c1-11-10-12(16)2-3-13(11)14(4-5-15)18-8-6-17-7-9-18;/h2-3,10,14,17H,4-9H2,1H3;1H/t14-;/m1./s1. The van der Waals surface area contributed by atoms with Gasteiger partial charge in [-0.05, 0) is 36.6 Å². The molecule has 0 spiro atoms. The van der Waals surface area contributed by atoms with Crippen LogP contribution in [-0.2, 0) is 0 Å². The molecule has 1 fully saturated rings. The van der Waals surface area contributed by atoms with E-state index in [4.69, 9.17) is 0 Å². The normalized spacial score (nSPS) is 17.8. The highest BCUT2D eigenvalue weighted by Crippen LogP contribution is 2.28. The van der Waals surface area contributed by atoms with Gasteiger partial charge in [-0.25, -0.2) is 4.39 Å². The second-order valence-corrected chi connectivity index (χ2v) is 4.78. The van der Waals surface area contributed by atoms with Crippen LogP contribution in [0.1, 0.15) is 23.6 Å². The van der Waals surface area contributed by atoms with Crippen LogP contribution in [0.4, 0.5) is 8.78 Å². The van der Waals surface area contributed by atoms with E-state index in [1.165, 1.54) is 12.1 Å². The van der Waals surface area contributed by atoms with Crippen molar-refractivity contribution in [1.82, 2.24) is 10.2 Å². The number of benzene rings is 1. The van der Waals surface area contributed by atoms with Gasteiger partial charge >= 0.3 is 0 Å². The van der Waals surface area contributed by atoms with Crippen molar-refractivity contribution in [3.63, 3.8) is 0 Å². The maximum absolute atomic E-state index is 13.1. The van der Waals surface area contributed by atoms with Gasteiger partial charge in [0.05, 0.1) is 6.67 Å². The van der Waals surface area contributed by atoms with Crippen molar-refractivity contribution < 1.29 is 8.78 Å². The van der Waals surface area contributed by atoms with Crippen LogP contribution in [0.3, 0.4) is 0 Å². The number of hydrogen-bond donors (Lipinski definition) is 1. The van der Waals surface area contributed by atoms with E-state index in [9.17, 15) is 8.78 Å². The summed E-state index contributed by atoms with van der Waals surface area (Å²) < 4.78 is 25.9. The molecule has 1 aliphatic rings. The Morgan fingerprint density at radius 2 is 2.00 bits per heavy atom. The van der Waals surface area contributed by atoms with Crippen LogP contribution in [0, 0.1) is 12.7 Å². The lowest BCUT2D eigenvalue weighted by molar-refractivity contribution is 0.157. The summed E-state index contributed by atoms with van der Waals surface area (Å²) in [6.45, 7) is 5.26. The van der Waals surface area contributed by atoms with E-state index < -0.39 is 0 Å². The van der Waals surface area contributed by atoms with Crippen molar-refractivity contribution in [2.24, 2.45) is 0 Å². The summed E-state index contributed by atoms with van der Waals surface area (Å²) in [5.41, 5.74) is 1.96. The number of piperazine rings is 1. The van der Waals surface area contributed by atoms with Crippen LogP contribution >= 0.6 is 12.4 Å². The molecule has 0 saturated carbocycles. The van der Waals surface area contributed by atoms with Crippen molar-refractivity contribution in [2.75, 3.05) is 32.9 Å². The molecule has 108 valence electrons. The highest BCUT2D eigenvalue weighted by atomic mass is 35.5. The monoisotopic (exact) mass is 290 g/mol. The Morgan fingerprint density at radius 1 is 1.32 bits per heavy atom. The first kappa shape index (κ1) is 16.3. The highest BCUT2D eigenvalue weighted by molar-refractivity contribution is 5.85. The average Bonchev–Trinajstić information content (AvgIpc) is 2.38. The molecule has 1 N–H and O–H groups in total. The second-order valence-electron chi connectivity index (χ2n) is 4.78. The Bertz CT molecular complexity index is 395. The fourth-order valence-corrected chi connectivity index (χ4v) is 2.64. The largest absolute Gasteiger partial charge is 0.314 e. The molecular weight excluding hydrogens is 270 g/mol. The van der Waals surface area contributed by atoms with E-state index in [-0.39, 0.29) is 30.9 Å². The van der Waals surface area contributed by atoms with Crippen LogP contribution in [0.2, 0.25) is 0 Å². The van der Waals surface area contributed by atoms with Gasteiger partial charge in [0.15, 0.2) is 0 Å². The zero-order valence-electron chi connectivity index (χ0n) is 11.2.